The van der Waals surface area contributed by atoms with E-state index in [2.05, 4.69) is 0 Å². The van der Waals surface area contributed by atoms with Gasteiger partial charge in [-0.3, -0.25) is 14.5 Å². The molecule has 0 aromatic carbocycles. The Labute approximate surface area is 77.4 Å². The molecule has 72 valence electrons. The van der Waals surface area contributed by atoms with Gasteiger partial charge in [0.2, 0.25) is 0 Å². The fourth-order valence-electron chi connectivity index (χ4n) is 1.46. The van der Waals surface area contributed by atoms with Gasteiger partial charge in [0.15, 0.2) is 0 Å². The molecule has 0 radical (unpaired) electrons. The van der Waals surface area contributed by atoms with Crippen LogP contribution in [0.25, 0.3) is 0 Å². The third-order valence-electron chi connectivity index (χ3n) is 2.10. The molecule has 0 bridgehead atoms. The monoisotopic (exact) mass is 182 g/mol. The Morgan fingerprint density at radius 1 is 1.38 bits per heavy atom. The van der Waals surface area contributed by atoms with E-state index in [9.17, 15) is 9.59 Å². The van der Waals surface area contributed by atoms with Crippen LogP contribution in [0.5, 0.6) is 0 Å². The normalized spacial score (nSPS) is 18.5. The molecule has 1 heterocycles. The topological polar surface area (TPSA) is 63.4 Å². The van der Waals surface area contributed by atoms with Crippen molar-refractivity contribution in [1.82, 2.24) is 4.90 Å². The molecule has 1 rings (SSSR count). The van der Waals surface area contributed by atoms with Crippen LogP contribution in [0, 0.1) is 0 Å². The second-order valence-electron chi connectivity index (χ2n) is 3.06. The highest BCUT2D eigenvalue weighted by molar-refractivity contribution is 6.13. The van der Waals surface area contributed by atoms with E-state index in [1.165, 1.54) is 17.1 Å². The number of carbonyl (C=O) groups is 2. The van der Waals surface area contributed by atoms with Crippen molar-refractivity contribution >= 4 is 11.8 Å². The number of hydrogen-bond acceptors (Lipinski definition) is 3. The van der Waals surface area contributed by atoms with Crippen molar-refractivity contribution in [2.75, 3.05) is 6.54 Å². The van der Waals surface area contributed by atoms with E-state index in [0.717, 1.165) is 12.8 Å². The highest BCUT2D eigenvalue weighted by Crippen LogP contribution is 2.12. The first-order chi connectivity index (χ1) is 6.20. The van der Waals surface area contributed by atoms with Gasteiger partial charge in [-0.05, 0) is 6.42 Å². The van der Waals surface area contributed by atoms with Gasteiger partial charge < -0.3 is 5.73 Å². The van der Waals surface area contributed by atoms with E-state index in [1.807, 2.05) is 6.92 Å². The molecule has 1 aliphatic heterocycles. The predicted octanol–water partition coefficient (Wildman–Crippen LogP) is 0.0388. The fraction of sp³-hybridized carbons (Fsp3) is 0.556. The number of rotatable bonds is 4. The first-order valence-corrected chi connectivity index (χ1v) is 4.46. The summed E-state index contributed by atoms with van der Waals surface area (Å²) in [5.74, 6) is -0.484. The number of amides is 2. The zero-order valence-corrected chi connectivity index (χ0v) is 7.69. The quantitative estimate of drug-likeness (QED) is 0.624. The minimum Gasteiger partial charge on any atom is -0.328 e. The van der Waals surface area contributed by atoms with Gasteiger partial charge in [-0.2, -0.15) is 0 Å². The molecule has 0 spiro atoms. The molecule has 13 heavy (non-hydrogen) atoms. The lowest BCUT2D eigenvalue weighted by Crippen LogP contribution is -2.44. The molecule has 2 N–H and O–H groups in total. The van der Waals surface area contributed by atoms with Crippen LogP contribution in [-0.4, -0.2) is 29.3 Å². The zero-order valence-electron chi connectivity index (χ0n) is 7.69. The molecule has 0 aromatic heterocycles. The lowest BCUT2D eigenvalue weighted by molar-refractivity contribution is -0.139. The first kappa shape index (κ1) is 9.92. The Kier molecular flexibility index (Phi) is 3.19. The second kappa shape index (κ2) is 4.18. The van der Waals surface area contributed by atoms with Crippen LogP contribution in [0.2, 0.25) is 0 Å². The summed E-state index contributed by atoms with van der Waals surface area (Å²) >= 11 is 0. The van der Waals surface area contributed by atoms with E-state index in [0.29, 0.717) is 6.54 Å². The van der Waals surface area contributed by atoms with Crippen molar-refractivity contribution < 1.29 is 9.59 Å². The summed E-state index contributed by atoms with van der Waals surface area (Å²) in [6.45, 7) is 2.34. The summed E-state index contributed by atoms with van der Waals surface area (Å²) in [4.78, 5) is 23.7. The zero-order chi connectivity index (χ0) is 9.84. The van der Waals surface area contributed by atoms with Crippen molar-refractivity contribution in [2.24, 2.45) is 5.73 Å². The molecule has 0 aliphatic carbocycles. The van der Waals surface area contributed by atoms with Gasteiger partial charge in [0.25, 0.3) is 11.8 Å². The van der Waals surface area contributed by atoms with E-state index in [-0.39, 0.29) is 17.9 Å². The lowest BCUT2D eigenvalue weighted by atomic mass is 10.1. The van der Waals surface area contributed by atoms with Crippen molar-refractivity contribution in [2.45, 2.75) is 25.8 Å². The highest BCUT2D eigenvalue weighted by Gasteiger charge is 2.29. The summed E-state index contributed by atoms with van der Waals surface area (Å²) in [5, 5.41) is 0. The summed E-state index contributed by atoms with van der Waals surface area (Å²) in [5.41, 5.74) is 5.49. The second-order valence-corrected chi connectivity index (χ2v) is 3.06. The van der Waals surface area contributed by atoms with Gasteiger partial charge in [0.05, 0.1) is 6.04 Å². The van der Waals surface area contributed by atoms with Crippen molar-refractivity contribution in [1.29, 1.82) is 0 Å². The van der Waals surface area contributed by atoms with Gasteiger partial charge in [-0.1, -0.05) is 13.3 Å². The largest absolute Gasteiger partial charge is 0.328 e. The molecule has 4 heteroatoms. The predicted molar refractivity (Wildman–Crippen MR) is 48.7 cm³/mol. The molecular formula is C9H14N2O2. The molecule has 2 amide bonds. The van der Waals surface area contributed by atoms with Crippen molar-refractivity contribution in [3.8, 4) is 0 Å². The number of hydrogen-bond donors (Lipinski definition) is 1. The maximum Gasteiger partial charge on any atom is 0.253 e. The SMILES string of the molecule is CCCC(CN)N1C(=O)C=CC1=O. The summed E-state index contributed by atoms with van der Waals surface area (Å²) < 4.78 is 0. The van der Waals surface area contributed by atoms with Crippen LogP contribution in [0.4, 0.5) is 0 Å². The third kappa shape index (κ3) is 1.95. The smallest absolute Gasteiger partial charge is 0.253 e. The number of nitrogens with zero attached hydrogens (tertiary/aromatic N) is 1. The van der Waals surface area contributed by atoms with E-state index in [1.54, 1.807) is 0 Å². The molecular weight excluding hydrogens is 168 g/mol. The molecule has 4 nitrogen and oxygen atoms in total. The van der Waals surface area contributed by atoms with E-state index in [4.69, 9.17) is 5.73 Å². The van der Waals surface area contributed by atoms with Gasteiger partial charge in [0.1, 0.15) is 0 Å². The molecule has 0 saturated carbocycles. The van der Waals surface area contributed by atoms with Crippen LogP contribution in [0.15, 0.2) is 12.2 Å². The maximum absolute atomic E-state index is 11.2. The first-order valence-electron chi connectivity index (χ1n) is 4.46. The minimum absolute atomic E-state index is 0.139. The summed E-state index contributed by atoms with van der Waals surface area (Å²) in [6, 6.07) is -0.139. The van der Waals surface area contributed by atoms with Crippen LogP contribution in [0.1, 0.15) is 19.8 Å². The Bertz CT molecular complexity index is 230. The maximum atomic E-state index is 11.2. The number of nitrogens with two attached hydrogens (primary N) is 1. The lowest BCUT2D eigenvalue weighted by Gasteiger charge is -2.24. The minimum atomic E-state index is -0.242. The molecule has 1 aliphatic rings. The Morgan fingerprint density at radius 3 is 2.31 bits per heavy atom. The third-order valence-corrected chi connectivity index (χ3v) is 2.10. The Balaban J connectivity index is 2.68. The van der Waals surface area contributed by atoms with Gasteiger partial charge in [-0.25, -0.2) is 0 Å². The number of imide groups is 1. The Hall–Kier alpha value is -1.16. The van der Waals surface area contributed by atoms with E-state index < -0.39 is 0 Å². The molecule has 1 unspecified atom stereocenters. The average molecular weight is 182 g/mol. The molecule has 0 fully saturated rings. The molecule has 0 saturated heterocycles. The average Bonchev–Trinajstić information content (AvgIpc) is 2.43. The fourth-order valence-corrected chi connectivity index (χ4v) is 1.46. The standard InChI is InChI=1S/C9H14N2O2/c1-2-3-7(6-10)11-8(12)4-5-9(11)13/h4-5,7H,2-3,6,10H2,1H3. The van der Waals surface area contributed by atoms with Gasteiger partial charge in [-0.15, -0.1) is 0 Å². The van der Waals surface area contributed by atoms with Crippen molar-refractivity contribution in [3.63, 3.8) is 0 Å². The number of carbonyl (C=O) groups excluding carboxylic acids is 2. The van der Waals surface area contributed by atoms with Crippen LogP contribution >= 0.6 is 0 Å². The van der Waals surface area contributed by atoms with Crippen LogP contribution in [0.3, 0.4) is 0 Å². The van der Waals surface area contributed by atoms with Gasteiger partial charge >= 0.3 is 0 Å². The van der Waals surface area contributed by atoms with Crippen LogP contribution < -0.4 is 5.73 Å². The van der Waals surface area contributed by atoms with Crippen LogP contribution in [-0.2, 0) is 9.59 Å². The summed E-state index contributed by atoms with van der Waals surface area (Å²) in [6.07, 6.45) is 4.27. The molecule has 1 atom stereocenters. The molecule has 0 aromatic rings. The Morgan fingerprint density at radius 2 is 1.92 bits per heavy atom. The summed E-state index contributed by atoms with van der Waals surface area (Å²) in [7, 11) is 0. The van der Waals surface area contributed by atoms with E-state index >= 15 is 0 Å². The van der Waals surface area contributed by atoms with Gasteiger partial charge in [0, 0.05) is 18.7 Å². The van der Waals surface area contributed by atoms with Crippen molar-refractivity contribution in [3.05, 3.63) is 12.2 Å². The highest BCUT2D eigenvalue weighted by atomic mass is 16.2.